The van der Waals surface area contributed by atoms with E-state index in [-0.39, 0.29) is 12.2 Å². The molecule has 1 aliphatic heterocycles. The van der Waals surface area contributed by atoms with Crippen molar-refractivity contribution in [3.05, 3.63) is 54.6 Å². The second-order valence-corrected chi connectivity index (χ2v) is 4.56. The molecule has 0 spiro atoms. The van der Waals surface area contributed by atoms with Gasteiger partial charge < -0.3 is 14.2 Å². The highest BCUT2D eigenvalue weighted by atomic mass is 16.5. The van der Waals surface area contributed by atoms with Crippen molar-refractivity contribution in [3.63, 3.8) is 0 Å². The third-order valence-electron chi connectivity index (χ3n) is 3.26. The van der Waals surface area contributed by atoms with Crippen molar-refractivity contribution >= 4 is 0 Å². The fourth-order valence-electron chi connectivity index (χ4n) is 2.10. The first-order chi connectivity index (χ1) is 9.24. The van der Waals surface area contributed by atoms with E-state index in [1.54, 1.807) is 13.2 Å². The summed E-state index contributed by atoms with van der Waals surface area (Å²) < 4.78 is 16.7. The lowest BCUT2D eigenvalue weighted by Crippen LogP contribution is -2.36. The Hall–Kier alpha value is -1.58. The minimum absolute atomic E-state index is 0.0977. The highest BCUT2D eigenvalue weighted by molar-refractivity contribution is 5.26. The van der Waals surface area contributed by atoms with Gasteiger partial charge in [-0.05, 0) is 29.7 Å². The molecule has 1 aliphatic rings. The summed E-state index contributed by atoms with van der Waals surface area (Å²) in [6.07, 6.45) is 2.42. The van der Waals surface area contributed by atoms with Crippen LogP contribution >= 0.6 is 0 Å². The number of methoxy groups -OCH3 is 1. The van der Waals surface area contributed by atoms with Crippen molar-refractivity contribution in [2.45, 2.75) is 25.2 Å². The third-order valence-corrected chi connectivity index (χ3v) is 3.26. The fourth-order valence-corrected chi connectivity index (χ4v) is 2.10. The van der Waals surface area contributed by atoms with Crippen molar-refractivity contribution in [2.75, 3.05) is 13.7 Å². The van der Waals surface area contributed by atoms with Gasteiger partial charge in [0, 0.05) is 0 Å². The molecule has 0 bridgehead atoms. The van der Waals surface area contributed by atoms with Crippen LogP contribution in [-0.4, -0.2) is 25.9 Å². The smallest absolute Gasteiger partial charge is 0.118 e. The van der Waals surface area contributed by atoms with E-state index in [9.17, 15) is 0 Å². The molecule has 0 saturated carbocycles. The van der Waals surface area contributed by atoms with Gasteiger partial charge in [0.15, 0.2) is 0 Å². The van der Waals surface area contributed by atoms with Gasteiger partial charge in [-0.1, -0.05) is 24.8 Å². The van der Waals surface area contributed by atoms with E-state index < -0.39 is 0 Å². The van der Waals surface area contributed by atoms with Gasteiger partial charge >= 0.3 is 0 Å². The molecule has 0 radical (unpaired) electrons. The Morgan fingerprint density at radius 2 is 2.11 bits per heavy atom. The summed E-state index contributed by atoms with van der Waals surface area (Å²) >= 11 is 0. The minimum atomic E-state index is -0.103. The molecule has 19 heavy (non-hydrogen) atoms. The zero-order valence-electron chi connectivity index (χ0n) is 11.3. The van der Waals surface area contributed by atoms with Gasteiger partial charge in [-0.2, -0.15) is 0 Å². The average Bonchev–Trinajstić information content (AvgIpc) is 2.46. The predicted octanol–water partition coefficient (Wildman–Crippen LogP) is 3.11. The Morgan fingerprint density at radius 3 is 2.74 bits per heavy atom. The van der Waals surface area contributed by atoms with Gasteiger partial charge in [0.25, 0.3) is 0 Å². The molecule has 2 atom stereocenters. The van der Waals surface area contributed by atoms with E-state index in [2.05, 4.69) is 13.2 Å². The topological polar surface area (TPSA) is 27.7 Å². The highest BCUT2D eigenvalue weighted by Gasteiger charge is 2.27. The van der Waals surface area contributed by atoms with Crippen LogP contribution in [-0.2, 0) is 16.1 Å². The highest BCUT2D eigenvalue weighted by Crippen LogP contribution is 2.23. The van der Waals surface area contributed by atoms with Crippen LogP contribution in [0.1, 0.15) is 12.0 Å². The third kappa shape index (κ3) is 3.46. The molecule has 0 aliphatic carbocycles. The maximum atomic E-state index is 5.92. The standard InChI is InChI=1S/C16H20O3/c1-4-15-16(12(2)9-10-18-15)19-11-13-5-7-14(17-3)8-6-13/h4-8,15-16H,1-2,9-11H2,3H3/t15-,16+/m1/s1. The van der Waals surface area contributed by atoms with Crippen molar-refractivity contribution in [3.8, 4) is 5.75 Å². The van der Waals surface area contributed by atoms with Crippen molar-refractivity contribution in [1.29, 1.82) is 0 Å². The van der Waals surface area contributed by atoms with Gasteiger partial charge in [-0.3, -0.25) is 0 Å². The van der Waals surface area contributed by atoms with Gasteiger partial charge in [0.1, 0.15) is 18.0 Å². The summed E-state index contributed by atoms with van der Waals surface area (Å²) in [5, 5.41) is 0. The molecular weight excluding hydrogens is 240 g/mol. The van der Waals surface area contributed by atoms with E-state index in [0.717, 1.165) is 23.3 Å². The maximum Gasteiger partial charge on any atom is 0.118 e. The molecule has 0 N–H and O–H groups in total. The van der Waals surface area contributed by atoms with E-state index in [4.69, 9.17) is 14.2 Å². The van der Waals surface area contributed by atoms with Crippen LogP contribution in [0.5, 0.6) is 5.75 Å². The zero-order chi connectivity index (χ0) is 13.7. The van der Waals surface area contributed by atoms with Gasteiger partial charge in [-0.25, -0.2) is 0 Å². The van der Waals surface area contributed by atoms with E-state index >= 15 is 0 Å². The number of benzene rings is 1. The summed E-state index contributed by atoms with van der Waals surface area (Å²) in [7, 11) is 1.66. The molecule has 0 aromatic heterocycles. The molecule has 1 aromatic carbocycles. The number of rotatable bonds is 5. The number of hydrogen-bond acceptors (Lipinski definition) is 3. The summed E-state index contributed by atoms with van der Waals surface area (Å²) in [4.78, 5) is 0. The first kappa shape index (κ1) is 13.8. The average molecular weight is 260 g/mol. The second-order valence-electron chi connectivity index (χ2n) is 4.56. The molecule has 0 amide bonds. The lowest BCUT2D eigenvalue weighted by Gasteiger charge is -2.31. The minimum Gasteiger partial charge on any atom is -0.497 e. The first-order valence-corrected chi connectivity index (χ1v) is 6.41. The Kier molecular flexibility index (Phi) is 4.77. The lowest BCUT2D eigenvalue weighted by molar-refractivity contribution is -0.0615. The summed E-state index contributed by atoms with van der Waals surface area (Å²) in [5.41, 5.74) is 2.17. The first-order valence-electron chi connectivity index (χ1n) is 6.41. The Bertz CT molecular complexity index is 436. The Balaban J connectivity index is 1.95. The quantitative estimate of drug-likeness (QED) is 0.761. The lowest BCUT2D eigenvalue weighted by atomic mass is 10.0. The second kappa shape index (κ2) is 6.55. The molecule has 0 unspecified atom stereocenters. The Labute approximate surface area is 114 Å². The maximum absolute atomic E-state index is 5.92. The van der Waals surface area contributed by atoms with Crippen LogP contribution in [0.25, 0.3) is 0 Å². The molecule has 1 aromatic rings. The Morgan fingerprint density at radius 1 is 1.37 bits per heavy atom. The van der Waals surface area contributed by atoms with E-state index in [0.29, 0.717) is 13.2 Å². The molecule has 1 fully saturated rings. The molecule has 3 nitrogen and oxygen atoms in total. The molecule has 1 saturated heterocycles. The fraction of sp³-hybridized carbons (Fsp3) is 0.375. The van der Waals surface area contributed by atoms with Crippen molar-refractivity contribution in [2.24, 2.45) is 0 Å². The molecule has 1 heterocycles. The monoisotopic (exact) mass is 260 g/mol. The van der Waals surface area contributed by atoms with Crippen molar-refractivity contribution < 1.29 is 14.2 Å². The van der Waals surface area contributed by atoms with Crippen molar-refractivity contribution in [1.82, 2.24) is 0 Å². The van der Waals surface area contributed by atoms with E-state index in [1.165, 1.54) is 0 Å². The van der Waals surface area contributed by atoms with Crippen LogP contribution in [0.15, 0.2) is 49.1 Å². The van der Waals surface area contributed by atoms with Crippen LogP contribution < -0.4 is 4.74 Å². The predicted molar refractivity (Wildman–Crippen MR) is 75.3 cm³/mol. The SMILES string of the molecule is C=C[C@H]1OCCC(=C)[C@@H]1OCc1ccc(OC)cc1. The van der Waals surface area contributed by atoms with Gasteiger partial charge in [-0.15, -0.1) is 6.58 Å². The van der Waals surface area contributed by atoms with Crippen LogP contribution in [0.2, 0.25) is 0 Å². The number of ether oxygens (including phenoxy) is 3. The largest absolute Gasteiger partial charge is 0.497 e. The number of hydrogen-bond donors (Lipinski definition) is 0. The van der Waals surface area contributed by atoms with Gasteiger partial charge in [0.05, 0.1) is 20.3 Å². The van der Waals surface area contributed by atoms with Crippen LogP contribution in [0, 0.1) is 0 Å². The molecule has 3 heteroatoms. The van der Waals surface area contributed by atoms with Crippen LogP contribution in [0.4, 0.5) is 0 Å². The van der Waals surface area contributed by atoms with E-state index in [1.807, 2.05) is 24.3 Å². The van der Waals surface area contributed by atoms with Crippen LogP contribution in [0.3, 0.4) is 0 Å². The summed E-state index contributed by atoms with van der Waals surface area (Å²) in [5.74, 6) is 0.845. The van der Waals surface area contributed by atoms with Gasteiger partial charge in [0.2, 0.25) is 0 Å². The summed E-state index contributed by atoms with van der Waals surface area (Å²) in [6.45, 7) is 9.07. The zero-order valence-corrected chi connectivity index (χ0v) is 11.3. The molecule has 2 rings (SSSR count). The summed E-state index contributed by atoms with van der Waals surface area (Å²) in [6, 6.07) is 7.84. The molecular formula is C16H20O3. The normalized spacial score (nSPS) is 23.1. The molecule has 102 valence electrons.